The summed E-state index contributed by atoms with van der Waals surface area (Å²) in [6, 6.07) is 5.28. The molecule has 0 heterocycles. The Morgan fingerprint density at radius 1 is 1.41 bits per heavy atom. The Hall–Kier alpha value is -0.640. The molecule has 2 nitrogen and oxygen atoms in total. The van der Waals surface area contributed by atoms with Gasteiger partial charge in [0.1, 0.15) is 5.82 Å². The minimum absolute atomic E-state index is 0.197. The van der Waals surface area contributed by atoms with Crippen molar-refractivity contribution in [2.75, 3.05) is 27.2 Å². The third-order valence-corrected chi connectivity index (χ3v) is 2.83. The topological polar surface area (TPSA) is 15.3 Å². The lowest BCUT2D eigenvalue weighted by atomic mass is 10.1. The molecule has 0 spiro atoms. The molecule has 0 radical (unpaired) electrons. The predicted molar refractivity (Wildman–Crippen MR) is 71.1 cm³/mol. The second-order valence-electron chi connectivity index (χ2n) is 4.47. The standard InChI is InChI=1S/C13H20ClFN2/c1-4-16-11(9-17(2)3)7-10-5-6-13(15)12(14)8-10/h5-6,8,11,16H,4,7,9H2,1-3H3. The van der Waals surface area contributed by atoms with Crippen LogP contribution in [0, 0.1) is 5.82 Å². The van der Waals surface area contributed by atoms with Crippen LogP contribution in [0.1, 0.15) is 12.5 Å². The highest BCUT2D eigenvalue weighted by molar-refractivity contribution is 6.30. The largest absolute Gasteiger partial charge is 0.313 e. The van der Waals surface area contributed by atoms with Crippen LogP contribution in [-0.4, -0.2) is 38.1 Å². The second-order valence-corrected chi connectivity index (χ2v) is 4.88. The van der Waals surface area contributed by atoms with E-state index < -0.39 is 0 Å². The fourth-order valence-electron chi connectivity index (χ4n) is 1.88. The van der Waals surface area contributed by atoms with Gasteiger partial charge >= 0.3 is 0 Å². The van der Waals surface area contributed by atoms with Gasteiger partial charge in [0.15, 0.2) is 0 Å². The Labute approximate surface area is 108 Å². The summed E-state index contributed by atoms with van der Waals surface area (Å²) in [7, 11) is 4.09. The Kier molecular flexibility index (Phi) is 5.89. The Morgan fingerprint density at radius 2 is 2.12 bits per heavy atom. The molecule has 0 bridgehead atoms. The third-order valence-electron chi connectivity index (χ3n) is 2.54. The Balaban J connectivity index is 2.67. The van der Waals surface area contributed by atoms with Crippen LogP contribution in [0.15, 0.2) is 18.2 Å². The number of rotatable bonds is 6. The number of likely N-dealkylation sites (N-methyl/N-ethyl adjacent to an activating group) is 2. The molecular formula is C13H20ClFN2. The molecule has 0 saturated carbocycles. The summed E-state index contributed by atoms with van der Waals surface area (Å²) in [5, 5.41) is 3.61. The zero-order valence-corrected chi connectivity index (χ0v) is 11.4. The molecule has 1 N–H and O–H groups in total. The molecule has 17 heavy (non-hydrogen) atoms. The molecule has 1 atom stereocenters. The molecule has 1 aromatic carbocycles. The average Bonchev–Trinajstić information content (AvgIpc) is 2.23. The number of nitrogens with one attached hydrogen (secondary N) is 1. The van der Waals surface area contributed by atoms with E-state index >= 15 is 0 Å². The lowest BCUT2D eigenvalue weighted by Gasteiger charge is -2.22. The first-order chi connectivity index (χ1) is 8.02. The molecule has 1 unspecified atom stereocenters. The zero-order chi connectivity index (χ0) is 12.8. The van der Waals surface area contributed by atoms with Crippen molar-refractivity contribution in [3.05, 3.63) is 34.6 Å². The van der Waals surface area contributed by atoms with Gasteiger partial charge in [-0.05, 0) is 44.8 Å². The monoisotopic (exact) mass is 258 g/mol. The van der Waals surface area contributed by atoms with Gasteiger partial charge in [0.2, 0.25) is 0 Å². The highest BCUT2D eigenvalue weighted by Crippen LogP contribution is 2.17. The Bertz CT molecular complexity index is 355. The first-order valence-corrected chi connectivity index (χ1v) is 6.22. The van der Waals surface area contributed by atoms with Crippen LogP contribution in [0.4, 0.5) is 4.39 Å². The van der Waals surface area contributed by atoms with Crippen molar-refractivity contribution < 1.29 is 4.39 Å². The van der Waals surface area contributed by atoms with Crippen LogP contribution in [0.25, 0.3) is 0 Å². The van der Waals surface area contributed by atoms with E-state index in [0.29, 0.717) is 6.04 Å². The van der Waals surface area contributed by atoms with Crippen molar-refractivity contribution in [2.24, 2.45) is 0 Å². The first kappa shape index (κ1) is 14.4. The van der Waals surface area contributed by atoms with Crippen LogP contribution < -0.4 is 5.32 Å². The van der Waals surface area contributed by atoms with E-state index in [4.69, 9.17) is 11.6 Å². The van der Waals surface area contributed by atoms with Crippen LogP contribution in [0.5, 0.6) is 0 Å². The van der Waals surface area contributed by atoms with Gasteiger partial charge in [0, 0.05) is 12.6 Å². The summed E-state index contributed by atoms with van der Waals surface area (Å²) in [5.41, 5.74) is 1.06. The SMILES string of the molecule is CCNC(Cc1ccc(F)c(Cl)c1)CN(C)C. The predicted octanol–water partition coefficient (Wildman–Crippen LogP) is 2.56. The molecule has 0 fully saturated rings. The summed E-state index contributed by atoms with van der Waals surface area (Å²) in [6.45, 7) is 3.95. The minimum atomic E-state index is -0.358. The summed E-state index contributed by atoms with van der Waals surface area (Å²) >= 11 is 5.77. The summed E-state index contributed by atoms with van der Waals surface area (Å²) in [4.78, 5) is 2.14. The van der Waals surface area contributed by atoms with Gasteiger partial charge in [-0.25, -0.2) is 4.39 Å². The molecule has 0 aliphatic carbocycles. The van der Waals surface area contributed by atoms with Gasteiger partial charge in [0.25, 0.3) is 0 Å². The van der Waals surface area contributed by atoms with E-state index in [1.54, 1.807) is 12.1 Å². The van der Waals surface area contributed by atoms with E-state index in [1.165, 1.54) is 6.07 Å². The fraction of sp³-hybridized carbons (Fsp3) is 0.538. The van der Waals surface area contributed by atoms with Gasteiger partial charge in [-0.2, -0.15) is 0 Å². The number of nitrogens with zero attached hydrogens (tertiary/aromatic N) is 1. The molecule has 96 valence electrons. The van der Waals surface area contributed by atoms with E-state index in [-0.39, 0.29) is 10.8 Å². The van der Waals surface area contributed by atoms with Gasteiger partial charge in [-0.1, -0.05) is 24.6 Å². The third kappa shape index (κ3) is 5.02. The van der Waals surface area contributed by atoms with Crippen molar-refractivity contribution in [2.45, 2.75) is 19.4 Å². The van der Waals surface area contributed by atoms with Crippen molar-refractivity contribution in [3.63, 3.8) is 0 Å². The lowest BCUT2D eigenvalue weighted by molar-refractivity contribution is 0.339. The van der Waals surface area contributed by atoms with Gasteiger partial charge in [0.05, 0.1) is 5.02 Å². The lowest BCUT2D eigenvalue weighted by Crippen LogP contribution is -2.39. The van der Waals surface area contributed by atoms with Crippen molar-refractivity contribution >= 4 is 11.6 Å². The zero-order valence-electron chi connectivity index (χ0n) is 10.6. The molecule has 1 rings (SSSR count). The fourth-order valence-corrected chi connectivity index (χ4v) is 2.08. The smallest absolute Gasteiger partial charge is 0.141 e. The van der Waals surface area contributed by atoms with Gasteiger partial charge < -0.3 is 10.2 Å². The number of hydrogen-bond acceptors (Lipinski definition) is 2. The molecule has 1 aromatic rings. The quantitative estimate of drug-likeness (QED) is 0.844. The van der Waals surface area contributed by atoms with E-state index in [1.807, 2.05) is 14.1 Å². The van der Waals surface area contributed by atoms with Crippen LogP contribution in [0.3, 0.4) is 0 Å². The first-order valence-electron chi connectivity index (χ1n) is 5.85. The minimum Gasteiger partial charge on any atom is -0.313 e. The summed E-state index contributed by atoms with van der Waals surface area (Å²) < 4.78 is 13.0. The van der Waals surface area contributed by atoms with Crippen LogP contribution >= 0.6 is 11.6 Å². The van der Waals surface area contributed by atoms with Crippen molar-refractivity contribution in [3.8, 4) is 0 Å². The van der Waals surface area contributed by atoms with Crippen molar-refractivity contribution in [1.29, 1.82) is 0 Å². The highest BCUT2D eigenvalue weighted by atomic mass is 35.5. The molecule has 0 amide bonds. The molecular weight excluding hydrogens is 239 g/mol. The summed E-state index contributed by atoms with van der Waals surface area (Å²) in [5.74, 6) is -0.358. The molecule has 0 aromatic heterocycles. The van der Waals surface area contributed by atoms with Crippen LogP contribution in [-0.2, 0) is 6.42 Å². The number of halogens is 2. The van der Waals surface area contributed by atoms with Gasteiger partial charge in [-0.15, -0.1) is 0 Å². The van der Waals surface area contributed by atoms with Crippen LogP contribution in [0.2, 0.25) is 5.02 Å². The second kappa shape index (κ2) is 6.94. The molecule has 4 heteroatoms. The maximum absolute atomic E-state index is 13.0. The molecule has 0 aliphatic rings. The van der Waals surface area contributed by atoms with Crippen molar-refractivity contribution in [1.82, 2.24) is 10.2 Å². The highest BCUT2D eigenvalue weighted by Gasteiger charge is 2.10. The Morgan fingerprint density at radius 3 is 2.65 bits per heavy atom. The average molecular weight is 259 g/mol. The maximum Gasteiger partial charge on any atom is 0.141 e. The van der Waals surface area contributed by atoms with E-state index in [2.05, 4.69) is 17.1 Å². The van der Waals surface area contributed by atoms with E-state index in [9.17, 15) is 4.39 Å². The normalized spacial score (nSPS) is 13.1. The van der Waals surface area contributed by atoms with Gasteiger partial charge in [-0.3, -0.25) is 0 Å². The summed E-state index contributed by atoms with van der Waals surface area (Å²) in [6.07, 6.45) is 0.853. The number of benzene rings is 1. The maximum atomic E-state index is 13.0. The molecule has 0 saturated heterocycles. The molecule has 0 aliphatic heterocycles. The van der Waals surface area contributed by atoms with E-state index in [0.717, 1.165) is 25.1 Å². The number of hydrogen-bond donors (Lipinski definition) is 1.